The van der Waals surface area contributed by atoms with Crippen LogP contribution in [0.4, 0.5) is 11.4 Å². The van der Waals surface area contributed by atoms with E-state index >= 15 is 0 Å². The normalized spacial score (nSPS) is 16.8. The van der Waals surface area contributed by atoms with E-state index in [-0.39, 0.29) is 11.8 Å². The number of halogens is 1. The zero-order valence-corrected chi connectivity index (χ0v) is 12.9. The largest absolute Gasteiger partial charge is 0.324 e. The number of nitrogens with one attached hydrogen (secondary N) is 1. The van der Waals surface area contributed by atoms with Crippen molar-refractivity contribution in [1.29, 1.82) is 0 Å². The summed E-state index contributed by atoms with van der Waals surface area (Å²) in [5.74, 6) is -1.32. The number of hydrogen-bond acceptors (Lipinski definition) is 2. The molecule has 1 aliphatic heterocycles. The van der Waals surface area contributed by atoms with E-state index in [4.69, 9.17) is 0 Å². The molecule has 5 heteroatoms. The average Bonchev–Trinajstić information content (AvgIpc) is 2.74. The van der Waals surface area contributed by atoms with E-state index < -0.39 is 5.92 Å². The van der Waals surface area contributed by atoms with Gasteiger partial charge in [-0.2, -0.15) is 0 Å². The predicted molar refractivity (Wildman–Crippen MR) is 85.4 cm³/mol. The summed E-state index contributed by atoms with van der Waals surface area (Å²) in [6, 6.07) is 14.7. The Morgan fingerprint density at radius 2 is 1.81 bits per heavy atom. The maximum absolute atomic E-state index is 12.5. The fraction of sp³-hybridized carbons (Fsp3) is 0.125. The van der Waals surface area contributed by atoms with Crippen molar-refractivity contribution in [2.24, 2.45) is 0 Å². The summed E-state index contributed by atoms with van der Waals surface area (Å²) in [4.78, 5) is 26.4. The van der Waals surface area contributed by atoms with Crippen LogP contribution in [0.15, 0.2) is 53.0 Å². The second-order valence-electron chi connectivity index (χ2n) is 4.86. The van der Waals surface area contributed by atoms with Crippen LogP contribution in [0.1, 0.15) is 11.5 Å². The Morgan fingerprint density at radius 1 is 1.14 bits per heavy atom. The predicted octanol–water partition coefficient (Wildman–Crippen LogP) is 3.15. The first-order chi connectivity index (χ1) is 10.1. The quantitative estimate of drug-likeness (QED) is 0.850. The number of fused-ring (bicyclic) bond motifs is 1. The molecule has 3 rings (SSSR count). The Bertz CT molecular complexity index is 730. The SMILES string of the molecule is CN1C(=O)[C@@H](C(=O)Nc2ccccc2Br)c2ccccc21. The Labute approximate surface area is 130 Å². The second kappa shape index (κ2) is 5.33. The van der Waals surface area contributed by atoms with Crippen molar-refractivity contribution in [1.82, 2.24) is 0 Å². The van der Waals surface area contributed by atoms with E-state index in [0.29, 0.717) is 5.69 Å². The van der Waals surface area contributed by atoms with E-state index in [1.54, 1.807) is 13.1 Å². The van der Waals surface area contributed by atoms with Crippen LogP contribution in [0.3, 0.4) is 0 Å². The molecule has 0 unspecified atom stereocenters. The summed E-state index contributed by atoms with van der Waals surface area (Å²) in [6.45, 7) is 0. The molecule has 2 amide bonds. The zero-order valence-electron chi connectivity index (χ0n) is 11.3. The number of amides is 2. The van der Waals surface area contributed by atoms with Gasteiger partial charge in [0.05, 0.1) is 5.69 Å². The molecule has 1 aliphatic rings. The van der Waals surface area contributed by atoms with Crippen LogP contribution >= 0.6 is 15.9 Å². The molecule has 1 atom stereocenters. The Kier molecular flexibility index (Phi) is 3.51. The highest BCUT2D eigenvalue weighted by molar-refractivity contribution is 9.10. The lowest BCUT2D eigenvalue weighted by atomic mass is 10.00. The van der Waals surface area contributed by atoms with Gasteiger partial charge >= 0.3 is 0 Å². The first-order valence-electron chi connectivity index (χ1n) is 6.51. The number of para-hydroxylation sites is 2. The van der Waals surface area contributed by atoms with Gasteiger partial charge in [-0.25, -0.2) is 0 Å². The van der Waals surface area contributed by atoms with Crippen LogP contribution in [0.2, 0.25) is 0 Å². The minimum atomic E-state index is -0.793. The summed E-state index contributed by atoms with van der Waals surface area (Å²) >= 11 is 3.38. The van der Waals surface area contributed by atoms with Crippen LogP contribution in [0.5, 0.6) is 0 Å². The lowest BCUT2D eigenvalue weighted by Crippen LogP contribution is -2.31. The Morgan fingerprint density at radius 3 is 2.57 bits per heavy atom. The molecule has 0 saturated carbocycles. The van der Waals surface area contributed by atoms with Gasteiger partial charge in [0, 0.05) is 17.2 Å². The van der Waals surface area contributed by atoms with E-state index in [2.05, 4.69) is 21.2 Å². The number of benzene rings is 2. The van der Waals surface area contributed by atoms with E-state index in [9.17, 15) is 9.59 Å². The molecule has 21 heavy (non-hydrogen) atoms. The van der Waals surface area contributed by atoms with Crippen molar-refractivity contribution in [3.8, 4) is 0 Å². The summed E-state index contributed by atoms with van der Waals surface area (Å²) in [5.41, 5.74) is 2.19. The monoisotopic (exact) mass is 344 g/mol. The number of hydrogen-bond donors (Lipinski definition) is 1. The van der Waals surface area contributed by atoms with Crippen molar-refractivity contribution in [2.45, 2.75) is 5.92 Å². The van der Waals surface area contributed by atoms with Crippen LogP contribution in [0, 0.1) is 0 Å². The summed E-state index contributed by atoms with van der Waals surface area (Å²) < 4.78 is 0.783. The van der Waals surface area contributed by atoms with Crippen molar-refractivity contribution >= 4 is 39.1 Å². The molecule has 4 nitrogen and oxygen atoms in total. The third-order valence-electron chi connectivity index (χ3n) is 3.58. The van der Waals surface area contributed by atoms with E-state index in [0.717, 1.165) is 15.7 Å². The number of anilines is 2. The van der Waals surface area contributed by atoms with Crippen LogP contribution in [-0.4, -0.2) is 18.9 Å². The lowest BCUT2D eigenvalue weighted by Gasteiger charge is -2.12. The van der Waals surface area contributed by atoms with Gasteiger partial charge in [0.1, 0.15) is 5.92 Å². The van der Waals surface area contributed by atoms with Crippen molar-refractivity contribution in [2.75, 3.05) is 17.3 Å². The van der Waals surface area contributed by atoms with E-state index in [1.807, 2.05) is 42.5 Å². The molecular weight excluding hydrogens is 332 g/mol. The van der Waals surface area contributed by atoms with Crippen LogP contribution < -0.4 is 10.2 Å². The topological polar surface area (TPSA) is 49.4 Å². The Hall–Kier alpha value is -2.14. The molecular formula is C16H13BrN2O2. The van der Waals surface area contributed by atoms with Gasteiger partial charge in [-0.15, -0.1) is 0 Å². The minimum absolute atomic E-state index is 0.208. The molecule has 0 fully saturated rings. The Balaban J connectivity index is 1.92. The maximum Gasteiger partial charge on any atom is 0.243 e. The van der Waals surface area contributed by atoms with Gasteiger partial charge in [0.25, 0.3) is 0 Å². The molecule has 0 aromatic heterocycles. The van der Waals surface area contributed by atoms with Crippen molar-refractivity contribution in [3.05, 3.63) is 58.6 Å². The minimum Gasteiger partial charge on any atom is -0.324 e. The molecule has 0 radical (unpaired) electrons. The highest BCUT2D eigenvalue weighted by Gasteiger charge is 2.39. The number of likely N-dealkylation sites (N-methyl/N-ethyl adjacent to an activating group) is 1. The average molecular weight is 345 g/mol. The van der Waals surface area contributed by atoms with Gasteiger partial charge in [0.15, 0.2) is 0 Å². The van der Waals surface area contributed by atoms with E-state index in [1.165, 1.54) is 4.90 Å². The molecule has 106 valence electrons. The third-order valence-corrected chi connectivity index (χ3v) is 4.27. The summed E-state index contributed by atoms with van der Waals surface area (Å²) in [7, 11) is 1.69. The summed E-state index contributed by atoms with van der Waals surface area (Å²) in [5, 5.41) is 2.81. The molecule has 2 aromatic carbocycles. The zero-order chi connectivity index (χ0) is 15.0. The third kappa shape index (κ3) is 2.34. The van der Waals surface area contributed by atoms with Crippen LogP contribution in [-0.2, 0) is 9.59 Å². The van der Waals surface area contributed by atoms with Crippen LogP contribution in [0.25, 0.3) is 0 Å². The van der Waals surface area contributed by atoms with Gasteiger partial charge in [-0.05, 0) is 39.7 Å². The fourth-order valence-electron chi connectivity index (χ4n) is 2.50. The highest BCUT2D eigenvalue weighted by atomic mass is 79.9. The fourth-order valence-corrected chi connectivity index (χ4v) is 2.89. The molecule has 2 aromatic rings. The maximum atomic E-state index is 12.5. The second-order valence-corrected chi connectivity index (χ2v) is 5.71. The van der Waals surface area contributed by atoms with Gasteiger partial charge in [-0.3, -0.25) is 9.59 Å². The molecule has 1 N–H and O–H groups in total. The van der Waals surface area contributed by atoms with Gasteiger partial charge < -0.3 is 10.2 Å². The molecule has 0 saturated heterocycles. The molecule has 0 bridgehead atoms. The first-order valence-corrected chi connectivity index (χ1v) is 7.31. The van der Waals surface area contributed by atoms with Crippen molar-refractivity contribution < 1.29 is 9.59 Å². The molecule has 1 heterocycles. The van der Waals surface area contributed by atoms with Crippen molar-refractivity contribution in [3.63, 3.8) is 0 Å². The number of carbonyl (C=O) groups is 2. The number of nitrogens with zero attached hydrogens (tertiary/aromatic N) is 1. The first kappa shape index (κ1) is 13.8. The number of rotatable bonds is 2. The molecule has 0 aliphatic carbocycles. The standard InChI is InChI=1S/C16H13BrN2O2/c1-19-13-9-5-2-6-10(13)14(16(19)21)15(20)18-12-8-4-3-7-11(12)17/h2-9,14H,1H3,(H,18,20)/t14-/m1/s1. The lowest BCUT2D eigenvalue weighted by molar-refractivity contribution is -0.126. The highest BCUT2D eigenvalue weighted by Crippen LogP contribution is 2.37. The summed E-state index contributed by atoms with van der Waals surface area (Å²) in [6.07, 6.45) is 0. The smallest absolute Gasteiger partial charge is 0.243 e. The molecule has 0 spiro atoms. The number of carbonyl (C=O) groups excluding carboxylic acids is 2. The van der Waals surface area contributed by atoms with Gasteiger partial charge in [0.2, 0.25) is 11.8 Å². The van der Waals surface area contributed by atoms with Gasteiger partial charge in [-0.1, -0.05) is 30.3 Å².